The number of ether oxygens (including phenoxy) is 1. The number of rotatable bonds is 9. The van der Waals surface area contributed by atoms with Crippen molar-refractivity contribution in [2.45, 2.75) is 45.1 Å². The molecule has 0 radical (unpaired) electrons. The summed E-state index contributed by atoms with van der Waals surface area (Å²) in [5.74, 6) is -0.677. The second-order valence-corrected chi connectivity index (χ2v) is 10.0. The molecular weight excluding hydrogens is 466 g/mol. The molecule has 0 spiro atoms. The van der Waals surface area contributed by atoms with Gasteiger partial charge in [-0.1, -0.05) is 24.6 Å². The third kappa shape index (κ3) is 5.13. The summed E-state index contributed by atoms with van der Waals surface area (Å²) in [6.45, 7) is 1.79. The highest BCUT2D eigenvalue weighted by atomic mass is 16.5. The van der Waals surface area contributed by atoms with Crippen LogP contribution in [0.5, 0.6) is 0 Å². The number of nitrogens with one attached hydrogen (secondary N) is 1. The van der Waals surface area contributed by atoms with Crippen LogP contribution < -0.4 is 10.2 Å². The standard InChI is InChI=1S/C29H31N5O3/c1-37-16-4-13-29(11-3-12-29)18-21-7-9-24(10-8-21)33-14-15-34-26(28(33)36)25(20-31-34)27(35)32-23-6-2-5-22(17-23)19-30/h2,5-10,17,20H,3-4,11-16,18H2,1H3,(H,32,35). The van der Waals surface area contributed by atoms with Crippen molar-refractivity contribution < 1.29 is 14.3 Å². The average Bonchev–Trinajstić information content (AvgIpc) is 3.33. The third-order valence-electron chi connectivity index (χ3n) is 7.61. The predicted octanol–water partition coefficient (Wildman–Crippen LogP) is 4.81. The van der Waals surface area contributed by atoms with Crippen LogP contribution >= 0.6 is 0 Å². The highest BCUT2D eigenvalue weighted by molar-refractivity contribution is 6.15. The van der Waals surface area contributed by atoms with Gasteiger partial charge in [-0.25, -0.2) is 0 Å². The minimum atomic E-state index is -0.429. The fourth-order valence-electron chi connectivity index (χ4n) is 5.49. The number of anilines is 2. The molecule has 1 aliphatic heterocycles. The molecular formula is C29H31N5O3. The summed E-state index contributed by atoms with van der Waals surface area (Å²) in [6.07, 6.45) is 8.57. The molecule has 2 aromatic carbocycles. The highest BCUT2D eigenvalue weighted by Gasteiger charge is 2.36. The van der Waals surface area contributed by atoms with Crippen molar-refractivity contribution in [1.82, 2.24) is 9.78 Å². The number of fused-ring (bicyclic) bond motifs is 1. The van der Waals surface area contributed by atoms with E-state index in [4.69, 9.17) is 10.00 Å². The fraction of sp³-hybridized carbons (Fsp3) is 0.379. The molecule has 190 valence electrons. The maximum Gasteiger partial charge on any atom is 0.277 e. The summed E-state index contributed by atoms with van der Waals surface area (Å²) < 4.78 is 6.84. The van der Waals surface area contributed by atoms with Crippen molar-refractivity contribution in [3.05, 3.63) is 77.1 Å². The van der Waals surface area contributed by atoms with Gasteiger partial charge in [0.25, 0.3) is 11.8 Å². The number of amides is 2. The minimum Gasteiger partial charge on any atom is -0.385 e. The quantitative estimate of drug-likeness (QED) is 0.428. The van der Waals surface area contributed by atoms with Crippen molar-refractivity contribution in [2.75, 3.05) is 30.5 Å². The third-order valence-corrected chi connectivity index (χ3v) is 7.61. The van der Waals surface area contributed by atoms with Gasteiger partial charge in [-0.3, -0.25) is 14.3 Å². The summed E-state index contributed by atoms with van der Waals surface area (Å²) >= 11 is 0. The molecule has 8 nitrogen and oxygen atoms in total. The number of carbonyl (C=O) groups is 2. The number of methoxy groups -OCH3 is 1. The molecule has 0 unspecified atom stereocenters. The van der Waals surface area contributed by atoms with Gasteiger partial charge in [0.05, 0.1) is 29.9 Å². The van der Waals surface area contributed by atoms with E-state index in [1.807, 2.05) is 12.1 Å². The number of nitrogens with zero attached hydrogens (tertiary/aromatic N) is 4. The maximum absolute atomic E-state index is 13.5. The van der Waals surface area contributed by atoms with Gasteiger partial charge in [0.2, 0.25) is 0 Å². The Labute approximate surface area is 216 Å². The number of hydrogen-bond donors (Lipinski definition) is 1. The molecule has 2 amide bonds. The molecule has 1 fully saturated rings. The zero-order chi connectivity index (χ0) is 25.8. The first-order valence-corrected chi connectivity index (χ1v) is 12.8. The zero-order valence-electron chi connectivity index (χ0n) is 21.1. The first-order chi connectivity index (χ1) is 18.0. The monoisotopic (exact) mass is 497 g/mol. The highest BCUT2D eigenvalue weighted by Crippen LogP contribution is 2.47. The molecule has 1 aromatic heterocycles. The maximum atomic E-state index is 13.5. The largest absolute Gasteiger partial charge is 0.385 e. The Morgan fingerprint density at radius 1 is 1.19 bits per heavy atom. The van der Waals surface area contributed by atoms with Gasteiger partial charge in [0.15, 0.2) is 0 Å². The lowest BCUT2D eigenvalue weighted by Crippen LogP contribution is -2.41. The van der Waals surface area contributed by atoms with Gasteiger partial charge in [-0.2, -0.15) is 10.4 Å². The number of carbonyl (C=O) groups excluding carboxylic acids is 2. The zero-order valence-corrected chi connectivity index (χ0v) is 21.1. The van der Waals surface area contributed by atoms with Crippen molar-refractivity contribution in [3.63, 3.8) is 0 Å². The molecule has 3 aromatic rings. The van der Waals surface area contributed by atoms with Crippen LogP contribution in [0, 0.1) is 16.7 Å². The Morgan fingerprint density at radius 3 is 2.70 bits per heavy atom. The van der Waals surface area contributed by atoms with E-state index >= 15 is 0 Å². The fourth-order valence-corrected chi connectivity index (χ4v) is 5.49. The van der Waals surface area contributed by atoms with E-state index in [0.717, 1.165) is 25.1 Å². The lowest BCUT2D eigenvalue weighted by atomic mass is 9.63. The minimum absolute atomic E-state index is 0.219. The molecule has 0 bridgehead atoms. The predicted molar refractivity (Wildman–Crippen MR) is 141 cm³/mol. The van der Waals surface area contributed by atoms with Gasteiger partial charge in [0, 0.05) is 31.6 Å². The normalized spacial score (nSPS) is 16.0. The Bertz CT molecular complexity index is 1330. The van der Waals surface area contributed by atoms with Crippen LogP contribution in [0.2, 0.25) is 0 Å². The van der Waals surface area contributed by atoms with E-state index in [1.54, 1.807) is 41.0 Å². The van der Waals surface area contributed by atoms with E-state index in [-0.39, 0.29) is 17.2 Å². The van der Waals surface area contributed by atoms with Gasteiger partial charge in [-0.05, 0) is 73.4 Å². The van der Waals surface area contributed by atoms with Crippen molar-refractivity contribution in [3.8, 4) is 6.07 Å². The number of aromatic nitrogens is 2. The van der Waals surface area contributed by atoms with E-state index < -0.39 is 5.91 Å². The van der Waals surface area contributed by atoms with Crippen LogP contribution in [-0.4, -0.2) is 41.9 Å². The van der Waals surface area contributed by atoms with Gasteiger partial charge in [-0.15, -0.1) is 0 Å². The molecule has 1 aliphatic carbocycles. The Hall–Kier alpha value is -3.96. The van der Waals surface area contributed by atoms with Crippen molar-refractivity contribution in [2.24, 2.45) is 5.41 Å². The summed E-state index contributed by atoms with van der Waals surface area (Å²) in [5, 5.41) is 16.2. The first-order valence-electron chi connectivity index (χ1n) is 12.8. The smallest absolute Gasteiger partial charge is 0.277 e. The topological polar surface area (TPSA) is 100 Å². The van der Waals surface area contributed by atoms with Crippen LogP contribution in [0.4, 0.5) is 11.4 Å². The van der Waals surface area contributed by atoms with E-state index in [1.165, 1.54) is 37.4 Å². The summed E-state index contributed by atoms with van der Waals surface area (Å²) in [4.78, 5) is 28.2. The second-order valence-electron chi connectivity index (χ2n) is 10.0. The summed E-state index contributed by atoms with van der Waals surface area (Å²) in [5.41, 5.74) is 3.91. The van der Waals surface area contributed by atoms with Crippen LogP contribution in [0.1, 0.15) is 64.1 Å². The number of benzene rings is 2. The molecule has 2 aliphatic rings. The van der Waals surface area contributed by atoms with Gasteiger partial charge >= 0.3 is 0 Å². The molecule has 1 N–H and O–H groups in total. The molecule has 8 heteroatoms. The lowest BCUT2D eigenvalue weighted by Gasteiger charge is -2.42. The van der Waals surface area contributed by atoms with E-state index in [0.29, 0.717) is 29.8 Å². The molecule has 0 saturated heterocycles. The average molecular weight is 498 g/mol. The van der Waals surface area contributed by atoms with Crippen LogP contribution in [0.25, 0.3) is 0 Å². The van der Waals surface area contributed by atoms with Crippen LogP contribution in [0.3, 0.4) is 0 Å². The summed E-state index contributed by atoms with van der Waals surface area (Å²) in [7, 11) is 1.76. The van der Waals surface area contributed by atoms with Gasteiger partial charge in [0.1, 0.15) is 5.69 Å². The van der Waals surface area contributed by atoms with Crippen LogP contribution in [0.15, 0.2) is 54.7 Å². The van der Waals surface area contributed by atoms with Gasteiger partial charge < -0.3 is 15.0 Å². The second kappa shape index (κ2) is 10.6. The summed E-state index contributed by atoms with van der Waals surface area (Å²) in [6, 6.07) is 17.0. The molecule has 1 saturated carbocycles. The Morgan fingerprint density at radius 2 is 2.00 bits per heavy atom. The lowest BCUT2D eigenvalue weighted by molar-refractivity contribution is 0.0946. The molecule has 37 heavy (non-hydrogen) atoms. The van der Waals surface area contributed by atoms with Crippen molar-refractivity contribution >= 4 is 23.2 Å². The Kier molecular flexibility index (Phi) is 7.06. The first kappa shape index (κ1) is 24.7. The molecule has 5 rings (SSSR count). The Balaban J connectivity index is 1.29. The number of nitriles is 1. The van der Waals surface area contributed by atoms with Crippen molar-refractivity contribution in [1.29, 1.82) is 5.26 Å². The van der Waals surface area contributed by atoms with E-state index in [9.17, 15) is 9.59 Å². The number of hydrogen-bond acceptors (Lipinski definition) is 5. The molecule has 2 heterocycles. The molecule has 0 atom stereocenters. The SMILES string of the molecule is COCCCC1(Cc2ccc(N3CCn4ncc(C(=O)Nc5cccc(C#N)c5)c4C3=O)cc2)CCC1. The van der Waals surface area contributed by atoms with E-state index in [2.05, 4.69) is 28.6 Å². The van der Waals surface area contributed by atoms with Crippen LogP contribution in [-0.2, 0) is 17.7 Å².